The summed E-state index contributed by atoms with van der Waals surface area (Å²) >= 11 is 0. The zero-order valence-electron chi connectivity index (χ0n) is 11.4. The number of pyridine rings is 1. The lowest BCUT2D eigenvalue weighted by molar-refractivity contribution is 0.0964. The molecule has 4 heteroatoms. The standard InChI is InChI=1S/C16H15NO3/c1-11-8-9-14(12(2)18)16(20)17(11)10-15(19)13-6-4-3-5-7-13/h3-9H,10H2,1-2H3. The molecule has 0 spiro atoms. The van der Waals surface area contributed by atoms with Crippen molar-refractivity contribution in [1.29, 1.82) is 0 Å². The predicted octanol–water partition coefficient (Wildman–Crippen LogP) is 2.24. The maximum absolute atomic E-state index is 12.2. The first-order chi connectivity index (χ1) is 9.50. The Hall–Kier alpha value is -2.49. The van der Waals surface area contributed by atoms with Gasteiger partial charge < -0.3 is 4.57 Å². The van der Waals surface area contributed by atoms with E-state index in [4.69, 9.17) is 0 Å². The lowest BCUT2D eigenvalue weighted by atomic mass is 10.1. The largest absolute Gasteiger partial charge is 0.305 e. The Kier molecular flexibility index (Phi) is 3.94. The molecule has 2 aromatic rings. The van der Waals surface area contributed by atoms with Crippen molar-refractivity contribution in [3.63, 3.8) is 0 Å². The molecule has 1 aromatic carbocycles. The Bertz CT molecular complexity index is 714. The zero-order valence-corrected chi connectivity index (χ0v) is 11.4. The molecule has 0 aliphatic heterocycles. The minimum atomic E-state index is -0.415. The molecular weight excluding hydrogens is 254 g/mol. The fourth-order valence-corrected chi connectivity index (χ4v) is 1.99. The number of hydrogen-bond acceptors (Lipinski definition) is 3. The fraction of sp³-hybridized carbons (Fsp3) is 0.188. The highest BCUT2D eigenvalue weighted by Gasteiger charge is 2.13. The van der Waals surface area contributed by atoms with Crippen molar-refractivity contribution in [1.82, 2.24) is 4.57 Å². The van der Waals surface area contributed by atoms with Crippen LogP contribution in [0.4, 0.5) is 0 Å². The number of benzene rings is 1. The van der Waals surface area contributed by atoms with Gasteiger partial charge in [-0.15, -0.1) is 0 Å². The molecule has 0 bridgehead atoms. The molecule has 0 saturated carbocycles. The number of nitrogens with zero attached hydrogens (tertiary/aromatic N) is 1. The summed E-state index contributed by atoms with van der Waals surface area (Å²) in [5.74, 6) is -0.451. The van der Waals surface area contributed by atoms with Crippen LogP contribution in [0.2, 0.25) is 0 Å². The second kappa shape index (κ2) is 5.65. The molecule has 0 fully saturated rings. The van der Waals surface area contributed by atoms with E-state index in [-0.39, 0.29) is 23.7 Å². The van der Waals surface area contributed by atoms with Gasteiger partial charge in [-0.3, -0.25) is 14.4 Å². The maximum Gasteiger partial charge on any atom is 0.262 e. The van der Waals surface area contributed by atoms with Gasteiger partial charge in [0.15, 0.2) is 11.6 Å². The van der Waals surface area contributed by atoms with Crippen LogP contribution >= 0.6 is 0 Å². The fourth-order valence-electron chi connectivity index (χ4n) is 1.99. The molecular formula is C16H15NO3. The number of carbonyl (C=O) groups is 2. The predicted molar refractivity (Wildman–Crippen MR) is 76.2 cm³/mol. The number of carbonyl (C=O) groups excluding carboxylic acids is 2. The van der Waals surface area contributed by atoms with Gasteiger partial charge in [-0.1, -0.05) is 30.3 Å². The third-order valence-electron chi connectivity index (χ3n) is 3.17. The van der Waals surface area contributed by atoms with Crippen LogP contribution in [0.25, 0.3) is 0 Å². The van der Waals surface area contributed by atoms with Gasteiger partial charge >= 0.3 is 0 Å². The molecule has 0 aliphatic carbocycles. The summed E-state index contributed by atoms with van der Waals surface area (Å²) in [6.07, 6.45) is 0. The van der Waals surface area contributed by atoms with Gasteiger partial charge in [0.2, 0.25) is 0 Å². The summed E-state index contributed by atoms with van der Waals surface area (Å²) in [7, 11) is 0. The SMILES string of the molecule is CC(=O)c1ccc(C)n(CC(=O)c2ccccc2)c1=O. The molecule has 0 atom stereocenters. The Morgan fingerprint density at radius 2 is 1.70 bits per heavy atom. The number of aromatic nitrogens is 1. The number of aryl methyl sites for hydroxylation is 1. The highest BCUT2D eigenvalue weighted by atomic mass is 16.2. The molecule has 20 heavy (non-hydrogen) atoms. The maximum atomic E-state index is 12.2. The van der Waals surface area contributed by atoms with Crippen LogP contribution in [0.5, 0.6) is 0 Å². The normalized spacial score (nSPS) is 10.3. The molecule has 0 radical (unpaired) electrons. The van der Waals surface area contributed by atoms with E-state index in [9.17, 15) is 14.4 Å². The quantitative estimate of drug-likeness (QED) is 0.800. The summed E-state index contributed by atoms with van der Waals surface area (Å²) in [5.41, 5.74) is 0.898. The second-order valence-corrected chi connectivity index (χ2v) is 4.63. The lowest BCUT2D eigenvalue weighted by Gasteiger charge is -2.10. The molecule has 0 unspecified atom stereocenters. The van der Waals surface area contributed by atoms with Crippen molar-refractivity contribution in [2.24, 2.45) is 0 Å². The van der Waals surface area contributed by atoms with Crippen LogP contribution in [0.3, 0.4) is 0 Å². The van der Waals surface area contributed by atoms with E-state index < -0.39 is 5.56 Å². The summed E-state index contributed by atoms with van der Waals surface area (Å²) < 4.78 is 1.34. The van der Waals surface area contributed by atoms with Crippen molar-refractivity contribution in [3.05, 3.63) is 69.6 Å². The monoisotopic (exact) mass is 269 g/mol. The van der Waals surface area contributed by atoms with Crippen LogP contribution in [0, 0.1) is 6.92 Å². The van der Waals surface area contributed by atoms with E-state index in [1.807, 2.05) is 6.07 Å². The average molecular weight is 269 g/mol. The minimum Gasteiger partial charge on any atom is -0.305 e. The van der Waals surface area contributed by atoms with E-state index in [1.165, 1.54) is 17.6 Å². The van der Waals surface area contributed by atoms with Crippen LogP contribution in [0.15, 0.2) is 47.3 Å². The molecule has 0 saturated heterocycles. The summed E-state index contributed by atoms with van der Waals surface area (Å²) in [6.45, 7) is 3.02. The first-order valence-electron chi connectivity index (χ1n) is 6.30. The Morgan fingerprint density at radius 1 is 1.05 bits per heavy atom. The van der Waals surface area contributed by atoms with Crippen LogP contribution < -0.4 is 5.56 Å². The van der Waals surface area contributed by atoms with Gasteiger partial charge in [0.05, 0.1) is 12.1 Å². The Labute approximate surface area is 116 Å². The Morgan fingerprint density at radius 3 is 2.30 bits per heavy atom. The van der Waals surface area contributed by atoms with Gasteiger partial charge in [-0.05, 0) is 26.0 Å². The van der Waals surface area contributed by atoms with Crippen molar-refractivity contribution in [3.8, 4) is 0 Å². The third kappa shape index (κ3) is 2.74. The molecule has 0 amide bonds. The van der Waals surface area contributed by atoms with Crippen molar-refractivity contribution in [2.75, 3.05) is 0 Å². The van der Waals surface area contributed by atoms with Crippen molar-refractivity contribution < 1.29 is 9.59 Å². The molecule has 1 aromatic heterocycles. The van der Waals surface area contributed by atoms with Gasteiger partial charge in [-0.2, -0.15) is 0 Å². The highest BCUT2D eigenvalue weighted by molar-refractivity contribution is 5.96. The third-order valence-corrected chi connectivity index (χ3v) is 3.17. The van der Waals surface area contributed by atoms with Gasteiger partial charge in [-0.25, -0.2) is 0 Å². The summed E-state index contributed by atoms with van der Waals surface area (Å²) in [6, 6.07) is 12.0. The average Bonchev–Trinajstić information content (AvgIpc) is 2.43. The van der Waals surface area contributed by atoms with Gasteiger partial charge in [0.25, 0.3) is 5.56 Å². The number of ketones is 2. The van der Waals surface area contributed by atoms with Crippen LogP contribution in [0.1, 0.15) is 33.3 Å². The molecule has 0 aliphatic rings. The van der Waals surface area contributed by atoms with Crippen LogP contribution in [-0.2, 0) is 6.54 Å². The highest BCUT2D eigenvalue weighted by Crippen LogP contribution is 2.05. The topological polar surface area (TPSA) is 56.1 Å². The smallest absolute Gasteiger partial charge is 0.262 e. The zero-order chi connectivity index (χ0) is 14.7. The lowest BCUT2D eigenvalue weighted by Crippen LogP contribution is -2.30. The number of Topliss-reactive ketones (excluding diaryl/α,β-unsaturated/α-hetero) is 2. The molecule has 4 nitrogen and oxygen atoms in total. The molecule has 102 valence electrons. The second-order valence-electron chi connectivity index (χ2n) is 4.63. The van der Waals surface area contributed by atoms with E-state index in [0.29, 0.717) is 11.3 Å². The van der Waals surface area contributed by atoms with E-state index >= 15 is 0 Å². The molecule has 1 heterocycles. The number of hydrogen-bond donors (Lipinski definition) is 0. The molecule has 0 N–H and O–H groups in total. The minimum absolute atomic E-state index is 0.0597. The Balaban J connectivity index is 2.39. The first kappa shape index (κ1) is 13.9. The van der Waals surface area contributed by atoms with Gasteiger partial charge in [0, 0.05) is 11.3 Å². The van der Waals surface area contributed by atoms with Crippen molar-refractivity contribution >= 4 is 11.6 Å². The van der Waals surface area contributed by atoms with E-state index in [2.05, 4.69) is 0 Å². The summed E-state index contributed by atoms with van der Waals surface area (Å²) in [5, 5.41) is 0. The first-order valence-corrected chi connectivity index (χ1v) is 6.30. The van der Waals surface area contributed by atoms with E-state index in [1.54, 1.807) is 37.3 Å². The van der Waals surface area contributed by atoms with Gasteiger partial charge in [0.1, 0.15) is 0 Å². The number of rotatable bonds is 4. The van der Waals surface area contributed by atoms with Crippen LogP contribution in [-0.4, -0.2) is 16.1 Å². The summed E-state index contributed by atoms with van der Waals surface area (Å²) in [4.78, 5) is 35.7. The van der Waals surface area contributed by atoms with E-state index in [0.717, 1.165) is 0 Å². The van der Waals surface area contributed by atoms with Crippen molar-refractivity contribution in [2.45, 2.75) is 20.4 Å². The molecule has 2 rings (SSSR count).